The van der Waals surface area contributed by atoms with E-state index < -0.39 is 12.7 Å². The van der Waals surface area contributed by atoms with E-state index in [0.29, 0.717) is 22.3 Å². The van der Waals surface area contributed by atoms with Crippen molar-refractivity contribution in [1.82, 2.24) is 9.88 Å². The number of pyridine rings is 1. The number of alkyl halides is 3. The molecule has 9 heteroatoms. The molecule has 1 aromatic heterocycles. The van der Waals surface area contributed by atoms with Crippen molar-refractivity contribution in [1.29, 1.82) is 0 Å². The highest BCUT2D eigenvalue weighted by molar-refractivity contribution is 6.30. The van der Waals surface area contributed by atoms with Gasteiger partial charge in [-0.3, -0.25) is 9.79 Å². The molecule has 0 saturated carbocycles. The second kappa shape index (κ2) is 7.69. The van der Waals surface area contributed by atoms with Crippen LogP contribution >= 0.6 is 11.6 Å². The lowest BCUT2D eigenvalue weighted by atomic mass is 10.2. The molecule has 1 aliphatic rings. The van der Waals surface area contributed by atoms with Crippen molar-refractivity contribution >= 4 is 23.7 Å². The number of aliphatic hydroxyl groups excluding tert-OH is 1. The van der Waals surface area contributed by atoms with Crippen molar-refractivity contribution in [3.05, 3.63) is 52.0 Å². The lowest BCUT2D eigenvalue weighted by Gasteiger charge is -2.16. The number of carbonyl (C=O) groups excluding carboxylic acids is 1. The average Bonchev–Trinajstić information content (AvgIpc) is 2.84. The number of aromatic nitrogens is 1. The Hall–Kier alpha value is -2.35. The monoisotopic (exact) mass is 373 g/mol. The van der Waals surface area contributed by atoms with Crippen LogP contribution in [0, 0.1) is 0 Å². The van der Waals surface area contributed by atoms with E-state index >= 15 is 0 Å². The molecule has 0 radical (unpaired) electrons. The van der Waals surface area contributed by atoms with Crippen molar-refractivity contribution in [2.45, 2.75) is 19.6 Å². The van der Waals surface area contributed by atoms with Gasteiger partial charge in [0.15, 0.2) is 0 Å². The molecular formula is C16H15ClF3N3O2. The van der Waals surface area contributed by atoms with Crippen LogP contribution in [0.3, 0.4) is 0 Å². The molecule has 0 saturated heterocycles. The summed E-state index contributed by atoms with van der Waals surface area (Å²) in [5, 5.41) is 9.21. The number of hydrogen-bond acceptors (Lipinski definition) is 4. The molecule has 0 aliphatic carbocycles. The molecule has 0 aromatic carbocycles. The zero-order valence-corrected chi connectivity index (χ0v) is 14.0. The highest BCUT2D eigenvalue weighted by atomic mass is 35.5. The summed E-state index contributed by atoms with van der Waals surface area (Å²) >= 11 is 5.98. The van der Waals surface area contributed by atoms with E-state index in [2.05, 4.69) is 9.98 Å². The lowest BCUT2D eigenvalue weighted by molar-refractivity contribution is -0.118. The van der Waals surface area contributed by atoms with Crippen LogP contribution in [0.25, 0.3) is 0 Å². The number of halogens is 4. The number of hydrogen-bond donors (Lipinski definition) is 1. The maximum absolute atomic E-state index is 12.4. The van der Waals surface area contributed by atoms with Crippen LogP contribution in [-0.4, -0.2) is 46.4 Å². The molecule has 25 heavy (non-hydrogen) atoms. The molecule has 0 atom stereocenters. The van der Waals surface area contributed by atoms with Gasteiger partial charge in [-0.25, -0.2) is 4.98 Å². The van der Waals surface area contributed by atoms with Crippen molar-refractivity contribution in [3.63, 3.8) is 0 Å². The van der Waals surface area contributed by atoms with Gasteiger partial charge >= 0.3 is 6.18 Å². The Morgan fingerprint density at radius 3 is 2.84 bits per heavy atom. The molecule has 5 nitrogen and oxygen atoms in total. The van der Waals surface area contributed by atoms with Crippen LogP contribution in [0.2, 0.25) is 5.15 Å². The van der Waals surface area contributed by atoms with Crippen LogP contribution in [0.4, 0.5) is 13.2 Å². The SMILES string of the molecule is CC(/C=C(\C=N/CC(F)(F)F)CN1Cc2c(ccnc2Cl)C1=O)=C\O. The third-order valence-corrected chi connectivity index (χ3v) is 3.71. The number of allylic oxidation sites excluding steroid dienone is 2. The standard InChI is InChI=1S/C16H15ClF3N3O2/c1-10(8-24)4-11(5-21-9-16(18,19)20)6-23-7-13-12(15(23)25)2-3-22-14(13)17/h2-5,8,24H,6-7,9H2,1H3/b10-8+,11-4+,21-5-. The first-order chi connectivity index (χ1) is 11.7. The normalized spacial score (nSPS) is 16.0. The molecule has 1 N–H and O–H groups in total. The third-order valence-electron chi connectivity index (χ3n) is 3.39. The van der Waals surface area contributed by atoms with Gasteiger partial charge in [0.2, 0.25) is 0 Å². The van der Waals surface area contributed by atoms with Crippen molar-refractivity contribution in [2.75, 3.05) is 13.1 Å². The minimum absolute atomic E-state index is 0.0242. The summed E-state index contributed by atoms with van der Waals surface area (Å²) in [6.07, 6.45) is 0.330. The van der Waals surface area contributed by atoms with Crippen molar-refractivity contribution in [2.24, 2.45) is 4.99 Å². The first kappa shape index (κ1) is 19.0. The van der Waals surface area contributed by atoms with Gasteiger partial charge in [-0.15, -0.1) is 0 Å². The Labute approximate surface area is 147 Å². The fourth-order valence-electron chi connectivity index (χ4n) is 2.32. The Morgan fingerprint density at radius 2 is 2.24 bits per heavy atom. The van der Waals surface area contributed by atoms with E-state index in [9.17, 15) is 18.0 Å². The molecule has 2 rings (SSSR count). The molecule has 0 spiro atoms. The fourth-order valence-corrected chi connectivity index (χ4v) is 2.54. The van der Waals surface area contributed by atoms with Crippen LogP contribution in [0.5, 0.6) is 0 Å². The summed E-state index contributed by atoms with van der Waals surface area (Å²) < 4.78 is 36.8. The predicted octanol–water partition coefficient (Wildman–Crippen LogP) is 3.71. The van der Waals surface area contributed by atoms with Gasteiger partial charge in [0.1, 0.15) is 11.7 Å². The molecule has 1 aromatic rings. The third kappa shape index (κ3) is 5.06. The number of nitrogens with zero attached hydrogens (tertiary/aromatic N) is 3. The maximum atomic E-state index is 12.4. The minimum atomic E-state index is -4.41. The quantitative estimate of drug-likeness (QED) is 0.370. The van der Waals surface area contributed by atoms with E-state index in [-0.39, 0.29) is 24.1 Å². The van der Waals surface area contributed by atoms with E-state index in [0.717, 1.165) is 12.5 Å². The maximum Gasteiger partial charge on any atom is 0.407 e. The average molecular weight is 374 g/mol. The van der Waals surface area contributed by atoms with Gasteiger partial charge in [0.05, 0.1) is 12.8 Å². The molecule has 0 bridgehead atoms. The Kier molecular flexibility index (Phi) is 5.84. The number of aliphatic hydroxyl groups is 1. The number of carbonyl (C=O) groups is 1. The molecule has 134 valence electrons. The topological polar surface area (TPSA) is 65.8 Å². The van der Waals surface area contributed by atoms with E-state index in [1.54, 1.807) is 13.0 Å². The first-order valence-electron chi connectivity index (χ1n) is 7.22. The Balaban J connectivity index is 2.19. The van der Waals surface area contributed by atoms with Gasteiger partial charge in [0.25, 0.3) is 5.91 Å². The summed E-state index contributed by atoms with van der Waals surface area (Å²) in [6.45, 7) is 0.471. The highest BCUT2D eigenvalue weighted by Gasteiger charge is 2.30. The zero-order chi connectivity index (χ0) is 18.6. The van der Waals surface area contributed by atoms with Crippen LogP contribution in [-0.2, 0) is 6.54 Å². The molecule has 2 heterocycles. The van der Waals surface area contributed by atoms with E-state index in [1.165, 1.54) is 17.2 Å². The van der Waals surface area contributed by atoms with Gasteiger partial charge in [-0.1, -0.05) is 11.6 Å². The van der Waals surface area contributed by atoms with Crippen molar-refractivity contribution < 1.29 is 23.1 Å². The van der Waals surface area contributed by atoms with Crippen molar-refractivity contribution in [3.8, 4) is 0 Å². The highest BCUT2D eigenvalue weighted by Crippen LogP contribution is 2.28. The molecule has 0 fully saturated rings. The molecule has 1 aliphatic heterocycles. The number of fused-ring (bicyclic) bond motifs is 1. The van der Waals surface area contributed by atoms with Crippen LogP contribution < -0.4 is 0 Å². The van der Waals surface area contributed by atoms with Crippen LogP contribution in [0.15, 0.2) is 40.7 Å². The van der Waals surface area contributed by atoms with E-state index in [1.807, 2.05) is 0 Å². The fraction of sp³-hybridized carbons (Fsp3) is 0.312. The molecule has 1 amide bonds. The summed E-state index contributed by atoms with van der Waals surface area (Å²) in [4.78, 5) is 21.1. The van der Waals surface area contributed by atoms with Gasteiger partial charge < -0.3 is 10.0 Å². The first-order valence-corrected chi connectivity index (χ1v) is 7.60. The Morgan fingerprint density at radius 1 is 1.52 bits per heavy atom. The summed E-state index contributed by atoms with van der Waals surface area (Å²) in [6, 6.07) is 1.55. The van der Waals surface area contributed by atoms with Crippen LogP contribution in [0.1, 0.15) is 22.8 Å². The summed E-state index contributed by atoms with van der Waals surface area (Å²) in [5.74, 6) is -0.292. The smallest absolute Gasteiger partial charge is 0.407 e. The van der Waals surface area contributed by atoms with Gasteiger partial charge in [0, 0.05) is 30.1 Å². The summed E-state index contributed by atoms with van der Waals surface area (Å²) in [5.41, 5.74) is 1.76. The minimum Gasteiger partial charge on any atom is -0.515 e. The summed E-state index contributed by atoms with van der Waals surface area (Å²) in [7, 11) is 0. The number of aliphatic imine (C=N–C) groups is 1. The van der Waals surface area contributed by atoms with Gasteiger partial charge in [-0.05, 0) is 30.2 Å². The second-order valence-corrected chi connectivity index (χ2v) is 5.82. The molecule has 0 unspecified atom stereocenters. The van der Waals surface area contributed by atoms with E-state index in [4.69, 9.17) is 16.7 Å². The number of amides is 1. The zero-order valence-electron chi connectivity index (χ0n) is 13.2. The largest absolute Gasteiger partial charge is 0.515 e. The molecular weight excluding hydrogens is 359 g/mol. The second-order valence-electron chi connectivity index (χ2n) is 5.47. The van der Waals surface area contributed by atoms with Gasteiger partial charge in [-0.2, -0.15) is 13.2 Å². The lowest BCUT2D eigenvalue weighted by Crippen LogP contribution is -2.26. The number of rotatable bonds is 5. The predicted molar refractivity (Wildman–Crippen MR) is 87.9 cm³/mol. The Bertz CT molecular complexity index is 757.